The largest absolute Gasteiger partial charge is 0.508 e. The summed E-state index contributed by atoms with van der Waals surface area (Å²) < 4.78 is 5.13. The number of carbonyl (C=O) groups excluding carboxylic acids is 3. The zero-order valence-electron chi connectivity index (χ0n) is 23.2. The molecule has 38 heavy (non-hydrogen) atoms. The van der Waals surface area contributed by atoms with Gasteiger partial charge in [-0.15, -0.1) is 0 Å². The number of phenols is 1. The molecule has 1 fully saturated rings. The van der Waals surface area contributed by atoms with E-state index in [0.29, 0.717) is 31.5 Å². The minimum Gasteiger partial charge on any atom is -0.508 e. The number of Topliss-reactive ketones (excluding diaryl/α,β-unsaturated/α-hetero) is 1. The van der Waals surface area contributed by atoms with E-state index in [0.717, 1.165) is 63.4 Å². The average Bonchev–Trinajstić information content (AvgIpc) is 3.25. The molecule has 0 unspecified atom stereocenters. The van der Waals surface area contributed by atoms with Crippen LogP contribution in [0.25, 0.3) is 0 Å². The van der Waals surface area contributed by atoms with Gasteiger partial charge in [0, 0.05) is 25.2 Å². The van der Waals surface area contributed by atoms with E-state index in [1.165, 1.54) is 0 Å². The second-order valence-corrected chi connectivity index (χ2v) is 10.4. The van der Waals surface area contributed by atoms with Gasteiger partial charge in [-0.3, -0.25) is 9.59 Å². The van der Waals surface area contributed by atoms with Crippen LogP contribution in [0.4, 0.5) is 0 Å². The van der Waals surface area contributed by atoms with Crippen LogP contribution < -0.4 is 5.32 Å². The van der Waals surface area contributed by atoms with Crippen LogP contribution in [0.5, 0.6) is 5.75 Å². The number of allylic oxidation sites excluding steroid dienone is 1. The van der Waals surface area contributed by atoms with E-state index in [2.05, 4.69) is 18.3 Å². The zero-order chi connectivity index (χ0) is 27.8. The van der Waals surface area contributed by atoms with Gasteiger partial charge in [0.2, 0.25) is 5.91 Å². The van der Waals surface area contributed by atoms with Gasteiger partial charge in [-0.1, -0.05) is 69.7 Å². The Labute approximate surface area is 228 Å². The molecule has 7 heteroatoms. The van der Waals surface area contributed by atoms with Crippen LogP contribution in [-0.2, 0) is 25.5 Å². The molecule has 1 saturated carbocycles. The number of amides is 1. The molecule has 0 bridgehead atoms. The first-order valence-electron chi connectivity index (χ1n) is 14.5. The number of benzene rings is 1. The quantitative estimate of drug-likeness (QED) is 0.133. The van der Waals surface area contributed by atoms with Gasteiger partial charge >= 0.3 is 5.97 Å². The summed E-state index contributed by atoms with van der Waals surface area (Å²) in [6.45, 7) is 4.11. The number of carbonyl (C=O) groups is 3. The maximum absolute atomic E-state index is 12.5. The molecule has 1 aliphatic rings. The number of ketones is 1. The number of phenolic OH excluding ortho intramolecular Hbond substituents is 1. The molecular weight excluding hydrogens is 482 g/mol. The average molecular weight is 530 g/mol. The molecule has 0 radical (unpaired) electrons. The molecule has 7 nitrogen and oxygen atoms in total. The second-order valence-electron chi connectivity index (χ2n) is 10.4. The Morgan fingerprint density at radius 1 is 1.08 bits per heavy atom. The summed E-state index contributed by atoms with van der Waals surface area (Å²) in [5, 5.41) is 22.4. The summed E-state index contributed by atoms with van der Waals surface area (Å²) in [5.41, 5.74) is 0.821. The summed E-state index contributed by atoms with van der Waals surface area (Å²) in [7, 11) is 0. The molecule has 0 spiro atoms. The maximum atomic E-state index is 12.5. The van der Waals surface area contributed by atoms with E-state index < -0.39 is 18.1 Å². The number of hydrogen-bond donors (Lipinski definition) is 3. The monoisotopic (exact) mass is 529 g/mol. The third-order valence-corrected chi connectivity index (χ3v) is 7.29. The van der Waals surface area contributed by atoms with Crippen molar-refractivity contribution in [1.82, 2.24) is 5.32 Å². The molecule has 0 saturated heterocycles. The first-order chi connectivity index (χ1) is 18.3. The summed E-state index contributed by atoms with van der Waals surface area (Å²) >= 11 is 0. The maximum Gasteiger partial charge on any atom is 0.328 e. The highest BCUT2D eigenvalue weighted by Crippen LogP contribution is 2.34. The van der Waals surface area contributed by atoms with Gasteiger partial charge in [-0.2, -0.15) is 0 Å². The van der Waals surface area contributed by atoms with Gasteiger partial charge in [0.15, 0.2) is 0 Å². The van der Waals surface area contributed by atoms with E-state index in [-0.39, 0.29) is 30.1 Å². The highest BCUT2D eigenvalue weighted by Gasteiger charge is 2.32. The predicted octanol–water partition coefficient (Wildman–Crippen LogP) is 5.42. The van der Waals surface area contributed by atoms with Crippen molar-refractivity contribution in [3.63, 3.8) is 0 Å². The van der Waals surface area contributed by atoms with Crippen LogP contribution in [0.3, 0.4) is 0 Å². The van der Waals surface area contributed by atoms with Crippen LogP contribution in [-0.4, -0.2) is 46.6 Å². The Hall–Kier alpha value is -2.67. The zero-order valence-corrected chi connectivity index (χ0v) is 23.2. The van der Waals surface area contributed by atoms with E-state index in [1.807, 2.05) is 6.08 Å². The standard InChI is InChI=1S/C31H47NO6/c1-3-5-8-11-25(33)20-16-24-17-21-29(35)27(24)12-9-6-7-10-13-30(36)32-28(31(37)38-4-2)22-23-14-18-26(34)19-15-23/h14-16,18-20,24-25,27-28,33-34H,3-13,17,21-22H2,1-2H3,(H,32,36)/t24-,25-,27-,28+/m1/s1. The Morgan fingerprint density at radius 3 is 2.53 bits per heavy atom. The fourth-order valence-corrected chi connectivity index (χ4v) is 5.08. The number of esters is 1. The molecule has 1 amide bonds. The van der Waals surface area contributed by atoms with Crippen molar-refractivity contribution in [1.29, 1.82) is 0 Å². The Balaban J connectivity index is 1.70. The molecule has 2 rings (SSSR count). The van der Waals surface area contributed by atoms with Crippen molar-refractivity contribution in [2.45, 2.75) is 109 Å². The number of nitrogens with one attached hydrogen (secondary N) is 1. The van der Waals surface area contributed by atoms with E-state index in [9.17, 15) is 24.6 Å². The van der Waals surface area contributed by atoms with Crippen molar-refractivity contribution in [3.05, 3.63) is 42.0 Å². The van der Waals surface area contributed by atoms with Crippen LogP contribution >= 0.6 is 0 Å². The SMILES string of the molecule is CCCCC[C@@H](O)C=C[C@@H]1CCC(=O)[C@@H]1CCCCCCC(=O)N[C@@H](Cc1ccc(O)cc1)C(=O)OCC. The summed E-state index contributed by atoms with van der Waals surface area (Å²) in [4.78, 5) is 37.3. The van der Waals surface area contributed by atoms with Crippen molar-refractivity contribution >= 4 is 17.7 Å². The molecule has 1 aromatic carbocycles. The van der Waals surface area contributed by atoms with Crippen molar-refractivity contribution < 1.29 is 29.3 Å². The fourth-order valence-electron chi connectivity index (χ4n) is 5.08. The molecular formula is C31H47NO6. The lowest BCUT2D eigenvalue weighted by atomic mass is 9.89. The van der Waals surface area contributed by atoms with Gasteiger partial charge in [-0.25, -0.2) is 4.79 Å². The number of aliphatic hydroxyl groups is 1. The van der Waals surface area contributed by atoms with Gasteiger partial charge in [0.25, 0.3) is 0 Å². The van der Waals surface area contributed by atoms with Gasteiger partial charge in [0.1, 0.15) is 17.6 Å². The second kappa shape index (κ2) is 17.8. The van der Waals surface area contributed by atoms with Crippen molar-refractivity contribution in [2.24, 2.45) is 11.8 Å². The molecule has 1 aliphatic carbocycles. The van der Waals surface area contributed by atoms with Crippen LogP contribution in [0.1, 0.15) is 96.5 Å². The normalized spacial score (nSPS) is 19.0. The highest BCUT2D eigenvalue weighted by atomic mass is 16.5. The van der Waals surface area contributed by atoms with Gasteiger partial charge in [0.05, 0.1) is 12.7 Å². The topological polar surface area (TPSA) is 113 Å². The third kappa shape index (κ3) is 11.8. The molecule has 4 atom stereocenters. The number of aromatic hydroxyl groups is 1. The highest BCUT2D eigenvalue weighted by molar-refractivity contribution is 5.85. The predicted molar refractivity (Wildman–Crippen MR) is 149 cm³/mol. The number of hydrogen-bond acceptors (Lipinski definition) is 6. The van der Waals surface area contributed by atoms with E-state index >= 15 is 0 Å². The summed E-state index contributed by atoms with van der Waals surface area (Å²) in [6, 6.07) is 5.78. The molecule has 0 heterocycles. The van der Waals surface area contributed by atoms with Gasteiger partial charge in [-0.05, 0) is 56.2 Å². The minimum atomic E-state index is -0.768. The Morgan fingerprint density at radius 2 is 1.82 bits per heavy atom. The minimum absolute atomic E-state index is 0.0441. The molecule has 1 aromatic rings. The van der Waals surface area contributed by atoms with Crippen molar-refractivity contribution in [3.8, 4) is 5.75 Å². The molecule has 3 N–H and O–H groups in total. The first-order valence-corrected chi connectivity index (χ1v) is 14.5. The fraction of sp³-hybridized carbons (Fsp3) is 0.645. The number of ether oxygens (including phenoxy) is 1. The Bertz CT molecular complexity index is 881. The molecule has 212 valence electrons. The van der Waals surface area contributed by atoms with Crippen LogP contribution in [0, 0.1) is 11.8 Å². The van der Waals surface area contributed by atoms with Crippen molar-refractivity contribution in [2.75, 3.05) is 6.61 Å². The lowest BCUT2D eigenvalue weighted by Gasteiger charge is -2.18. The lowest BCUT2D eigenvalue weighted by Crippen LogP contribution is -2.43. The molecule has 0 aromatic heterocycles. The number of aliphatic hydroxyl groups excluding tert-OH is 1. The van der Waals surface area contributed by atoms with E-state index in [1.54, 1.807) is 31.2 Å². The summed E-state index contributed by atoms with van der Waals surface area (Å²) in [5.74, 6) is 0.0948. The third-order valence-electron chi connectivity index (χ3n) is 7.29. The van der Waals surface area contributed by atoms with Crippen LogP contribution in [0.15, 0.2) is 36.4 Å². The lowest BCUT2D eigenvalue weighted by molar-refractivity contribution is -0.147. The van der Waals surface area contributed by atoms with Crippen LogP contribution in [0.2, 0.25) is 0 Å². The smallest absolute Gasteiger partial charge is 0.328 e. The van der Waals surface area contributed by atoms with E-state index in [4.69, 9.17) is 4.74 Å². The number of rotatable bonds is 18. The molecule has 0 aliphatic heterocycles. The van der Waals surface area contributed by atoms with Gasteiger partial charge < -0.3 is 20.3 Å². The number of unbranched alkanes of at least 4 members (excludes halogenated alkanes) is 5. The first kappa shape index (κ1) is 31.5. The Kier molecular flexibility index (Phi) is 14.8. The summed E-state index contributed by atoms with van der Waals surface area (Å²) in [6.07, 6.45) is 14.0.